The Morgan fingerprint density at radius 2 is 2.00 bits per heavy atom. The van der Waals surface area contributed by atoms with E-state index in [1.807, 2.05) is 6.92 Å². The maximum absolute atomic E-state index is 12.1. The molecule has 1 fully saturated rings. The molecule has 0 saturated heterocycles. The summed E-state index contributed by atoms with van der Waals surface area (Å²) in [5.41, 5.74) is 0.340. The zero-order valence-corrected chi connectivity index (χ0v) is 15.8. The van der Waals surface area contributed by atoms with Crippen molar-refractivity contribution in [3.8, 4) is 0 Å². The van der Waals surface area contributed by atoms with Crippen LogP contribution in [0.4, 0.5) is 4.39 Å². The molecule has 4 nitrogen and oxygen atoms in total. The van der Waals surface area contributed by atoms with Crippen LogP contribution in [0.3, 0.4) is 0 Å². The molecule has 126 valence electrons. The van der Waals surface area contributed by atoms with E-state index in [2.05, 4.69) is 15.6 Å². The number of alkyl halides is 1. The Kier molecular flexibility index (Phi) is 12.4. The number of nitrogens with zero attached hydrogens (tertiary/aromatic N) is 1. The van der Waals surface area contributed by atoms with Gasteiger partial charge >= 0.3 is 0 Å². The van der Waals surface area contributed by atoms with Gasteiger partial charge in [0, 0.05) is 33.4 Å². The quantitative estimate of drug-likeness (QED) is 0.263. The molecule has 1 rings (SSSR count). The molecule has 0 radical (unpaired) electrons. The van der Waals surface area contributed by atoms with Gasteiger partial charge in [0.1, 0.15) is 0 Å². The van der Waals surface area contributed by atoms with Gasteiger partial charge < -0.3 is 15.4 Å². The molecule has 1 aliphatic rings. The molecular formula is C15H31FIN3O. The molecular weight excluding hydrogens is 384 g/mol. The van der Waals surface area contributed by atoms with E-state index in [-0.39, 0.29) is 30.7 Å². The van der Waals surface area contributed by atoms with Crippen LogP contribution >= 0.6 is 24.0 Å². The van der Waals surface area contributed by atoms with Crippen LogP contribution in [0.15, 0.2) is 4.99 Å². The topological polar surface area (TPSA) is 45.6 Å². The maximum Gasteiger partial charge on any atom is 0.190 e. The minimum atomic E-state index is -0.289. The normalized spacial score (nSPS) is 17.4. The lowest BCUT2D eigenvalue weighted by Crippen LogP contribution is -2.43. The van der Waals surface area contributed by atoms with Crippen molar-refractivity contribution in [3.05, 3.63) is 0 Å². The lowest BCUT2D eigenvalue weighted by molar-refractivity contribution is 0.105. The first-order chi connectivity index (χ1) is 9.76. The number of aliphatic imine (C=N–C) groups is 1. The van der Waals surface area contributed by atoms with E-state index in [0.717, 1.165) is 32.1 Å². The molecule has 0 spiro atoms. The zero-order chi connectivity index (χ0) is 14.7. The maximum atomic E-state index is 12.1. The first-order valence-electron chi connectivity index (χ1n) is 7.84. The van der Waals surface area contributed by atoms with E-state index < -0.39 is 0 Å². The van der Waals surface area contributed by atoms with Crippen LogP contribution in [0, 0.1) is 5.41 Å². The van der Waals surface area contributed by atoms with Crippen molar-refractivity contribution in [1.29, 1.82) is 0 Å². The van der Waals surface area contributed by atoms with Crippen LogP contribution in [0.2, 0.25) is 0 Å². The second-order valence-corrected chi connectivity index (χ2v) is 5.55. The molecule has 1 saturated carbocycles. The smallest absolute Gasteiger partial charge is 0.190 e. The van der Waals surface area contributed by atoms with Gasteiger partial charge in [-0.15, -0.1) is 24.0 Å². The molecule has 0 aromatic heterocycles. The Morgan fingerprint density at radius 1 is 1.29 bits per heavy atom. The van der Waals surface area contributed by atoms with E-state index in [1.165, 1.54) is 25.7 Å². The molecule has 0 unspecified atom stereocenters. The highest BCUT2D eigenvalue weighted by Crippen LogP contribution is 2.40. The highest BCUT2D eigenvalue weighted by Gasteiger charge is 2.33. The minimum Gasteiger partial charge on any atom is -0.382 e. The number of hydrogen-bond donors (Lipinski definition) is 2. The second-order valence-electron chi connectivity index (χ2n) is 5.55. The van der Waals surface area contributed by atoms with Crippen molar-refractivity contribution in [2.75, 3.05) is 40.0 Å². The number of rotatable bonds is 9. The molecule has 2 N–H and O–H groups in total. The average molecular weight is 415 g/mol. The molecule has 21 heavy (non-hydrogen) atoms. The Hall–Kier alpha value is -0.110. The predicted molar refractivity (Wildman–Crippen MR) is 97.4 cm³/mol. The van der Waals surface area contributed by atoms with Crippen molar-refractivity contribution in [2.45, 2.75) is 45.4 Å². The van der Waals surface area contributed by atoms with Crippen molar-refractivity contribution < 1.29 is 9.13 Å². The van der Waals surface area contributed by atoms with Gasteiger partial charge in [-0.25, -0.2) is 0 Å². The van der Waals surface area contributed by atoms with Gasteiger partial charge in [0.2, 0.25) is 0 Å². The summed E-state index contributed by atoms with van der Waals surface area (Å²) in [5, 5.41) is 6.55. The number of hydrogen-bond acceptors (Lipinski definition) is 2. The fourth-order valence-corrected chi connectivity index (χ4v) is 2.84. The number of guanidine groups is 1. The van der Waals surface area contributed by atoms with Gasteiger partial charge in [-0.3, -0.25) is 9.38 Å². The molecule has 0 amide bonds. The van der Waals surface area contributed by atoms with Crippen molar-refractivity contribution in [2.24, 2.45) is 10.4 Å². The summed E-state index contributed by atoms with van der Waals surface area (Å²) in [6.45, 7) is 4.93. The lowest BCUT2D eigenvalue weighted by atomic mass is 9.83. The van der Waals surface area contributed by atoms with Gasteiger partial charge in [0.25, 0.3) is 0 Å². The summed E-state index contributed by atoms with van der Waals surface area (Å²) in [4.78, 5) is 4.19. The van der Waals surface area contributed by atoms with Crippen LogP contribution in [0.25, 0.3) is 0 Å². The zero-order valence-electron chi connectivity index (χ0n) is 13.4. The Labute approximate surface area is 145 Å². The third-order valence-electron chi connectivity index (χ3n) is 4.10. The molecule has 0 bridgehead atoms. The average Bonchev–Trinajstić information content (AvgIpc) is 2.92. The third kappa shape index (κ3) is 8.18. The fraction of sp³-hybridized carbons (Fsp3) is 0.933. The van der Waals surface area contributed by atoms with Gasteiger partial charge in [-0.2, -0.15) is 0 Å². The monoisotopic (exact) mass is 415 g/mol. The molecule has 0 aromatic rings. The second kappa shape index (κ2) is 12.4. The first-order valence-corrected chi connectivity index (χ1v) is 7.84. The van der Waals surface area contributed by atoms with Crippen LogP contribution in [-0.2, 0) is 4.74 Å². The highest BCUT2D eigenvalue weighted by molar-refractivity contribution is 14.0. The molecule has 0 atom stereocenters. The van der Waals surface area contributed by atoms with Crippen LogP contribution in [-0.4, -0.2) is 46.0 Å². The molecule has 0 heterocycles. The van der Waals surface area contributed by atoms with E-state index in [1.54, 1.807) is 7.05 Å². The lowest BCUT2D eigenvalue weighted by Gasteiger charge is -2.30. The molecule has 1 aliphatic carbocycles. The molecule has 0 aliphatic heterocycles. The van der Waals surface area contributed by atoms with Crippen molar-refractivity contribution in [1.82, 2.24) is 10.6 Å². The summed E-state index contributed by atoms with van der Waals surface area (Å²) in [6, 6.07) is 0. The van der Waals surface area contributed by atoms with Gasteiger partial charge in [-0.1, -0.05) is 12.8 Å². The molecule has 0 aromatic carbocycles. The Bertz CT molecular complexity index is 284. The van der Waals surface area contributed by atoms with E-state index in [0.29, 0.717) is 18.4 Å². The van der Waals surface area contributed by atoms with Crippen LogP contribution in [0.5, 0.6) is 0 Å². The summed E-state index contributed by atoms with van der Waals surface area (Å²) in [7, 11) is 1.76. The van der Waals surface area contributed by atoms with Crippen LogP contribution in [0.1, 0.15) is 45.4 Å². The Balaban J connectivity index is 0.00000400. The van der Waals surface area contributed by atoms with Crippen LogP contribution < -0.4 is 10.6 Å². The van der Waals surface area contributed by atoms with Crippen molar-refractivity contribution in [3.63, 3.8) is 0 Å². The van der Waals surface area contributed by atoms with Gasteiger partial charge in [0.15, 0.2) is 5.96 Å². The number of nitrogens with one attached hydrogen (secondary N) is 2. The Morgan fingerprint density at radius 3 is 2.57 bits per heavy atom. The van der Waals surface area contributed by atoms with E-state index in [9.17, 15) is 4.39 Å². The van der Waals surface area contributed by atoms with E-state index in [4.69, 9.17) is 4.74 Å². The minimum absolute atomic E-state index is 0. The number of ether oxygens (including phenoxy) is 1. The summed E-state index contributed by atoms with van der Waals surface area (Å²) >= 11 is 0. The summed E-state index contributed by atoms with van der Waals surface area (Å²) < 4.78 is 17.6. The summed E-state index contributed by atoms with van der Waals surface area (Å²) in [5.74, 6) is 0.779. The van der Waals surface area contributed by atoms with E-state index >= 15 is 0 Å². The van der Waals surface area contributed by atoms with Crippen molar-refractivity contribution >= 4 is 29.9 Å². The predicted octanol–water partition coefficient (Wildman–Crippen LogP) is 3.12. The standard InChI is InChI=1S/C15H30FN3O.HI/c1-3-20-12-9-15(7-4-5-8-15)13-19-14(17-2)18-11-6-10-16;/h3-13H2,1-2H3,(H2,17,18,19);1H. The number of halogens is 2. The highest BCUT2D eigenvalue weighted by atomic mass is 127. The largest absolute Gasteiger partial charge is 0.382 e. The van der Waals surface area contributed by atoms with Gasteiger partial charge in [0.05, 0.1) is 6.67 Å². The fourth-order valence-electron chi connectivity index (χ4n) is 2.84. The molecule has 6 heteroatoms. The first kappa shape index (κ1) is 20.9. The third-order valence-corrected chi connectivity index (χ3v) is 4.10. The summed E-state index contributed by atoms with van der Waals surface area (Å²) in [6.07, 6.45) is 6.76. The van der Waals surface area contributed by atoms with Gasteiger partial charge in [-0.05, 0) is 38.0 Å². The SMILES string of the molecule is CCOCCC1(CNC(=NC)NCCCF)CCCC1.I.